The molecule has 0 aliphatic rings. The lowest BCUT2D eigenvalue weighted by Gasteiger charge is -2.03. The normalized spacial score (nSPS) is 9.54. The zero-order chi connectivity index (χ0) is 16.8. The lowest BCUT2D eigenvalue weighted by molar-refractivity contribution is -0.684. The Balaban J connectivity index is 0.00000288. The highest BCUT2D eigenvalue weighted by Gasteiger charge is 2.12. The fraction of sp³-hybridized carbons (Fsp3) is 0.0714. The molecule has 0 radical (unpaired) electrons. The van der Waals surface area contributed by atoms with Gasteiger partial charge in [-0.25, -0.2) is 5.84 Å². The van der Waals surface area contributed by atoms with Crippen molar-refractivity contribution in [2.24, 2.45) is 5.84 Å². The van der Waals surface area contributed by atoms with Crippen LogP contribution in [0.1, 0.15) is 10.4 Å². The van der Waals surface area contributed by atoms with Crippen molar-refractivity contribution in [3.63, 3.8) is 0 Å². The van der Waals surface area contributed by atoms with E-state index < -0.39 is 10.8 Å². The molecule has 0 unspecified atom stereocenters. The molecule has 0 saturated heterocycles. The van der Waals surface area contributed by atoms with Crippen LogP contribution in [0.15, 0.2) is 48.8 Å². The first kappa shape index (κ1) is 19.0. The number of aromatic nitrogens is 1. The molecule has 1 aromatic heterocycles. The maximum atomic E-state index is 11.9. The first-order valence-electron chi connectivity index (χ1n) is 6.54. The van der Waals surface area contributed by atoms with Crippen molar-refractivity contribution < 1.29 is 31.5 Å². The number of nitrogens with one attached hydrogen (secondary N) is 2. The number of hydrogen-bond acceptors (Lipinski definition) is 5. The minimum absolute atomic E-state index is 0. The average molecular weight is 352 g/mol. The first-order valence-corrected chi connectivity index (χ1v) is 6.54. The molecular formula is C14H14ClN5O4. The molecule has 10 heteroatoms. The number of nitro benzene ring substituents is 1. The minimum atomic E-state index is -0.513. The van der Waals surface area contributed by atoms with Crippen LogP contribution in [0, 0.1) is 10.1 Å². The number of halogens is 1. The SMILES string of the molecule is NNC(=O)c1cc[n+](CC(=O)Nc2ccc([N+](=O)[O-])cc2)cc1.[Cl-]. The van der Waals surface area contributed by atoms with Crippen LogP contribution in [0.3, 0.4) is 0 Å². The number of hydrazine groups is 1. The van der Waals surface area contributed by atoms with E-state index in [1.54, 1.807) is 17.0 Å². The monoisotopic (exact) mass is 351 g/mol. The number of nitrogen functional groups attached to an aromatic ring is 1. The molecule has 9 nitrogen and oxygen atoms in total. The van der Waals surface area contributed by atoms with Crippen LogP contribution in [0.25, 0.3) is 0 Å². The van der Waals surface area contributed by atoms with Crippen molar-refractivity contribution in [2.45, 2.75) is 6.54 Å². The summed E-state index contributed by atoms with van der Waals surface area (Å²) in [5.41, 5.74) is 2.79. The molecule has 4 N–H and O–H groups in total. The first-order chi connectivity index (χ1) is 11.0. The molecule has 1 heterocycles. The number of hydrogen-bond donors (Lipinski definition) is 3. The molecule has 0 bridgehead atoms. The molecule has 2 amide bonds. The molecule has 2 rings (SSSR count). The highest BCUT2D eigenvalue weighted by Crippen LogP contribution is 2.15. The smallest absolute Gasteiger partial charge is 0.290 e. The Morgan fingerprint density at radius 3 is 2.21 bits per heavy atom. The number of benzene rings is 1. The van der Waals surface area contributed by atoms with E-state index in [9.17, 15) is 19.7 Å². The minimum Gasteiger partial charge on any atom is -1.00 e. The van der Waals surface area contributed by atoms with Crippen molar-refractivity contribution >= 4 is 23.2 Å². The van der Waals surface area contributed by atoms with Crippen LogP contribution in [0.2, 0.25) is 0 Å². The summed E-state index contributed by atoms with van der Waals surface area (Å²) in [6.07, 6.45) is 3.14. The Morgan fingerprint density at radius 2 is 1.71 bits per heavy atom. The maximum absolute atomic E-state index is 11.9. The molecule has 0 atom stereocenters. The second-order valence-electron chi connectivity index (χ2n) is 4.58. The van der Waals surface area contributed by atoms with Gasteiger partial charge in [0.05, 0.1) is 10.5 Å². The number of carbonyl (C=O) groups excluding carboxylic acids is 2. The summed E-state index contributed by atoms with van der Waals surface area (Å²) in [5.74, 6) is 4.30. The summed E-state index contributed by atoms with van der Waals surface area (Å²) in [5, 5.41) is 13.2. The van der Waals surface area contributed by atoms with Gasteiger partial charge in [-0.05, 0) is 12.1 Å². The number of nitrogens with two attached hydrogens (primary N) is 1. The number of amides is 2. The Labute approximate surface area is 143 Å². The number of carbonyl (C=O) groups is 2. The average Bonchev–Trinajstić information content (AvgIpc) is 2.55. The van der Waals surface area contributed by atoms with Gasteiger partial charge in [0.1, 0.15) is 0 Å². The van der Waals surface area contributed by atoms with Crippen LogP contribution in [-0.2, 0) is 11.3 Å². The van der Waals surface area contributed by atoms with Crippen LogP contribution >= 0.6 is 0 Å². The number of nitrogens with zero attached hydrogens (tertiary/aromatic N) is 2. The van der Waals surface area contributed by atoms with Crippen molar-refractivity contribution in [2.75, 3.05) is 5.32 Å². The molecule has 0 saturated carbocycles. The molecule has 1 aromatic carbocycles. The Morgan fingerprint density at radius 1 is 1.12 bits per heavy atom. The quantitative estimate of drug-likeness (QED) is 0.175. The second-order valence-corrected chi connectivity index (χ2v) is 4.58. The van der Waals surface area contributed by atoms with Crippen LogP contribution in [0.4, 0.5) is 11.4 Å². The number of rotatable bonds is 5. The van der Waals surface area contributed by atoms with Gasteiger partial charge in [-0.3, -0.25) is 25.1 Å². The summed E-state index contributed by atoms with van der Waals surface area (Å²) in [6, 6.07) is 8.58. The molecule has 24 heavy (non-hydrogen) atoms. The Kier molecular flexibility index (Phi) is 6.78. The highest BCUT2D eigenvalue weighted by molar-refractivity contribution is 5.93. The lowest BCUT2D eigenvalue weighted by Crippen LogP contribution is -3.00. The van der Waals surface area contributed by atoms with E-state index in [0.29, 0.717) is 11.3 Å². The molecule has 0 spiro atoms. The third kappa shape index (κ3) is 5.00. The van der Waals surface area contributed by atoms with Crippen LogP contribution < -0.4 is 33.6 Å². The van der Waals surface area contributed by atoms with Gasteiger partial charge in [-0.15, -0.1) is 0 Å². The standard InChI is InChI=1S/C14H13N5O4.ClH/c15-17-14(21)10-5-7-18(8-6-10)9-13(20)16-11-1-3-12(4-2-11)19(22)23;/h1-8,15H,9H2,(H2,16,20,21);1H. The van der Waals surface area contributed by atoms with Crippen molar-refractivity contribution in [3.05, 3.63) is 64.5 Å². The molecule has 0 aliphatic heterocycles. The van der Waals surface area contributed by atoms with E-state index in [-0.39, 0.29) is 30.5 Å². The fourth-order valence-electron chi connectivity index (χ4n) is 1.83. The van der Waals surface area contributed by atoms with Gasteiger partial charge in [-0.2, -0.15) is 4.57 Å². The molecule has 2 aromatic rings. The summed E-state index contributed by atoms with van der Waals surface area (Å²) in [4.78, 5) is 33.2. The van der Waals surface area contributed by atoms with Crippen LogP contribution in [-0.4, -0.2) is 16.7 Å². The number of non-ortho nitro benzene ring substituents is 1. The zero-order valence-corrected chi connectivity index (χ0v) is 13.1. The van der Waals surface area contributed by atoms with Crippen molar-refractivity contribution in [1.82, 2.24) is 5.43 Å². The van der Waals surface area contributed by atoms with Gasteiger partial charge in [0.15, 0.2) is 12.4 Å². The zero-order valence-electron chi connectivity index (χ0n) is 12.3. The summed E-state index contributed by atoms with van der Waals surface area (Å²) in [6.45, 7) is 0.0293. The Hall–Kier alpha value is -3.04. The van der Waals surface area contributed by atoms with E-state index in [0.717, 1.165) is 0 Å². The number of nitro groups is 1. The highest BCUT2D eigenvalue weighted by atomic mass is 35.5. The molecule has 0 aliphatic carbocycles. The topological polar surface area (TPSA) is 131 Å². The van der Waals surface area contributed by atoms with E-state index in [2.05, 4.69) is 5.32 Å². The fourth-order valence-corrected chi connectivity index (χ4v) is 1.83. The molecule has 0 fully saturated rings. The predicted octanol–water partition coefficient (Wildman–Crippen LogP) is -2.87. The van der Waals surface area contributed by atoms with Gasteiger partial charge in [0.25, 0.3) is 17.5 Å². The lowest BCUT2D eigenvalue weighted by atomic mass is 10.2. The van der Waals surface area contributed by atoms with Gasteiger partial charge < -0.3 is 17.7 Å². The predicted molar refractivity (Wildman–Crippen MR) is 80.0 cm³/mol. The van der Waals surface area contributed by atoms with Crippen molar-refractivity contribution in [1.29, 1.82) is 0 Å². The van der Waals surface area contributed by atoms with Gasteiger partial charge >= 0.3 is 0 Å². The second kappa shape index (κ2) is 8.56. The van der Waals surface area contributed by atoms with E-state index in [1.165, 1.54) is 36.4 Å². The molecular weight excluding hydrogens is 338 g/mol. The number of pyridine rings is 1. The molecule has 126 valence electrons. The third-order valence-electron chi connectivity index (χ3n) is 2.97. The van der Waals surface area contributed by atoms with Crippen molar-refractivity contribution in [3.8, 4) is 0 Å². The maximum Gasteiger partial charge on any atom is 0.290 e. The third-order valence-corrected chi connectivity index (χ3v) is 2.97. The van der Waals surface area contributed by atoms with Gasteiger partial charge in [0, 0.05) is 30.0 Å². The van der Waals surface area contributed by atoms with E-state index >= 15 is 0 Å². The van der Waals surface area contributed by atoms with E-state index in [1.807, 2.05) is 5.43 Å². The summed E-state index contributed by atoms with van der Waals surface area (Å²) >= 11 is 0. The largest absolute Gasteiger partial charge is 1.00 e. The Bertz CT molecular complexity index is 734. The van der Waals surface area contributed by atoms with E-state index in [4.69, 9.17) is 5.84 Å². The van der Waals surface area contributed by atoms with Gasteiger partial charge in [-0.1, -0.05) is 0 Å². The van der Waals surface area contributed by atoms with Crippen LogP contribution in [0.5, 0.6) is 0 Å². The van der Waals surface area contributed by atoms with Gasteiger partial charge in [0.2, 0.25) is 6.54 Å². The summed E-state index contributed by atoms with van der Waals surface area (Å²) in [7, 11) is 0. The number of anilines is 1. The summed E-state index contributed by atoms with van der Waals surface area (Å²) < 4.78 is 1.58.